The van der Waals surface area contributed by atoms with E-state index in [2.05, 4.69) is 35.7 Å². The van der Waals surface area contributed by atoms with Crippen molar-refractivity contribution in [3.63, 3.8) is 0 Å². The van der Waals surface area contributed by atoms with Gasteiger partial charge in [0.25, 0.3) is 16.1 Å². The second-order valence-corrected chi connectivity index (χ2v) is 12.1. The third kappa shape index (κ3) is 6.78. The number of rotatable bonds is 12. The van der Waals surface area contributed by atoms with Crippen LogP contribution < -0.4 is 20.1 Å². The minimum absolute atomic E-state index is 0.0655. The highest BCUT2D eigenvalue weighted by Crippen LogP contribution is 2.45. The quantitative estimate of drug-likeness (QED) is 0.320. The van der Waals surface area contributed by atoms with Crippen molar-refractivity contribution in [2.75, 3.05) is 35.9 Å². The van der Waals surface area contributed by atoms with Crippen molar-refractivity contribution in [2.45, 2.75) is 66.8 Å². The smallest absolute Gasteiger partial charge is 0.296 e. The summed E-state index contributed by atoms with van der Waals surface area (Å²) in [6, 6.07) is 6.60. The monoisotopic (exact) mass is 546 g/mol. The Morgan fingerprint density at radius 2 is 1.89 bits per heavy atom. The molecule has 1 aliphatic rings. The molecule has 0 spiro atoms. The zero-order chi connectivity index (χ0) is 28.3. The minimum atomic E-state index is -3.98. The molecular formula is C28H42N4O5S. The van der Waals surface area contributed by atoms with Gasteiger partial charge in [-0.3, -0.25) is 9.52 Å². The molecule has 9 nitrogen and oxygen atoms in total. The first-order valence-electron chi connectivity index (χ1n) is 13.2. The molecule has 5 N–H and O–H groups in total. The number of phenols is 1. The number of para-hydroxylation sites is 1. The Labute approximate surface area is 226 Å². The number of carbonyl (C=O) groups is 1. The molecule has 1 heterocycles. The molecule has 0 radical (unpaired) electrons. The first-order chi connectivity index (χ1) is 17.8. The molecule has 0 saturated heterocycles. The van der Waals surface area contributed by atoms with Gasteiger partial charge >= 0.3 is 0 Å². The van der Waals surface area contributed by atoms with Crippen LogP contribution in [0.2, 0.25) is 0 Å². The lowest BCUT2D eigenvalue weighted by molar-refractivity contribution is 0.0933. The normalized spacial score (nSPS) is 15.4. The molecule has 1 aliphatic heterocycles. The first kappa shape index (κ1) is 29.7. The summed E-state index contributed by atoms with van der Waals surface area (Å²) in [5.74, 6) is -0.410. The van der Waals surface area contributed by atoms with Gasteiger partial charge in [0.05, 0.1) is 23.9 Å². The number of ether oxygens (including phenoxy) is 1. The van der Waals surface area contributed by atoms with Gasteiger partial charge in [-0.05, 0) is 79.8 Å². The molecule has 2 aromatic carbocycles. The molecule has 3 rings (SSSR count). The summed E-state index contributed by atoms with van der Waals surface area (Å²) < 4.78 is 32.5. The number of benzene rings is 2. The predicted octanol–water partition coefficient (Wildman–Crippen LogP) is 3.80. The van der Waals surface area contributed by atoms with Gasteiger partial charge in [-0.2, -0.15) is 8.42 Å². The standard InChI is InChI=1S/C28H42N4O5S/c1-7-13-32-20(16-37-8-2)14-22-18(3)25(31-38(29,35)36)19(4)23(26(22)32)15-28(5,6)17-30-27(34)21-11-9-10-12-24(21)33/h9-12,20,31,33H,7-8,13-17H2,1-6H3,(H,30,34)(H2,29,35,36). The fourth-order valence-electron chi connectivity index (χ4n) is 5.32. The average molecular weight is 547 g/mol. The Balaban J connectivity index is 2.02. The van der Waals surface area contributed by atoms with Gasteiger partial charge in [0.2, 0.25) is 0 Å². The maximum Gasteiger partial charge on any atom is 0.296 e. The van der Waals surface area contributed by atoms with Crippen molar-refractivity contribution in [3.8, 4) is 5.75 Å². The van der Waals surface area contributed by atoms with Crippen molar-refractivity contribution < 1.29 is 23.1 Å². The molecule has 1 amide bonds. The van der Waals surface area contributed by atoms with Crippen LogP contribution in [0.25, 0.3) is 0 Å². The Hall–Kier alpha value is -2.82. The molecule has 0 aromatic heterocycles. The van der Waals surface area contributed by atoms with Crippen LogP contribution in [0.1, 0.15) is 66.7 Å². The second kappa shape index (κ2) is 11.9. The highest BCUT2D eigenvalue weighted by molar-refractivity contribution is 7.90. The van der Waals surface area contributed by atoms with Crippen LogP contribution in [0.15, 0.2) is 24.3 Å². The van der Waals surface area contributed by atoms with Crippen LogP contribution in [0.4, 0.5) is 11.4 Å². The lowest BCUT2D eigenvalue weighted by Gasteiger charge is -2.33. The number of aromatic hydroxyl groups is 1. The highest BCUT2D eigenvalue weighted by atomic mass is 32.2. The SMILES string of the molecule is CCCN1c2c(c(C)c(NS(N)(=O)=O)c(C)c2CC(C)(C)CNC(=O)c2ccccc2O)CC1COCC. The number of carbonyl (C=O) groups excluding carboxylic acids is 1. The summed E-state index contributed by atoms with van der Waals surface area (Å²) in [6.45, 7) is 14.5. The number of anilines is 2. The number of phenolic OH excluding ortho intramolecular Hbond substituents is 1. The zero-order valence-electron chi connectivity index (χ0n) is 23.3. The van der Waals surface area contributed by atoms with Crippen LogP contribution in [0, 0.1) is 19.3 Å². The topological polar surface area (TPSA) is 134 Å². The van der Waals surface area contributed by atoms with Crippen LogP contribution in [0.5, 0.6) is 5.75 Å². The van der Waals surface area contributed by atoms with E-state index in [-0.39, 0.29) is 28.7 Å². The minimum Gasteiger partial charge on any atom is -0.507 e. The number of nitrogens with zero attached hydrogens (tertiary/aromatic N) is 1. The van der Waals surface area contributed by atoms with Crippen molar-refractivity contribution in [3.05, 3.63) is 52.1 Å². The molecule has 38 heavy (non-hydrogen) atoms. The summed E-state index contributed by atoms with van der Waals surface area (Å²) in [6.07, 6.45) is 2.29. The second-order valence-electron chi connectivity index (χ2n) is 10.8. The van der Waals surface area contributed by atoms with E-state index < -0.39 is 10.2 Å². The van der Waals surface area contributed by atoms with E-state index in [0.29, 0.717) is 31.9 Å². The van der Waals surface area contributed by atoms with Crippen molar-refractivity contribution in [2.24, 2.45) is 10.6 Å². The third-order valence-corrected chi connectivity index (χ3v) is 7.64. The van der Waals surface area contributed by atoms with Crippen molar-refractivity contribution in [1.82, 2.24) is 5.32 Å². The maximum atomic E-state index is 12.8. The summed E-state index contributed by atoms with van der Waals surface area (Å²) >= 11 is 0. The summed E-state index contributed by atoms with van der Waals surface area (Å²) in [5.41, 5.74) is 5.32. The van der Waals surface area contributed by atoms with Crippen LogP contribution in [-0.2, 0) is 27.8 Å². The summed E-state index contributed by atoms with van der Waals surface area (Å²) in [5, 5.41) is 18.4. The third-order valence-electron chi connectivity index (χ3n) is 7.15. The molecule has 0 fully saturated rings. The predicted molar refractivity (Wildman–Crippen MR) is 152 cm³/mol. The number of nitrogens with one attached hydrogen (secondary N) is 2. The Kier molecular flexibility index (Phi) is 9.33. The average Bonchev–Trinajstić information content (AvgIpc) is 3.20. The fourth-order valence-corrected chi connectivity index (χ4v) is 5.91. The van der Waals surface area contributed by atoms with Crippen LogP contribution >= 0.6 is 0 Å². The van der Waals surface area contributed by atoms with Gasteiger partial charge in [0.1, 0.15) is 5.75 Å². The molecular weight excluding hydrogens is 504 g/mol. The Morgan fingerprint density at radius 3 is 2.50 bits per heavy atom. The lowest BCUT2D eigenvalue weighted by Crippen LogP contribution is -2.38. The number of fused-ring (bicyclic) bond motifs is 1. The van der Waals surface area contributed by atoms with E-state index in [1.807, 2.05) is 20.8 Å². The van der Waals surface area contributed by atoms with Gasteiger partial charge < -0.3 is 20.1 Å². The van der Waals surface area contributed by atoms with Crippen molar-refractivity contribution >= 4 is 27.5 Å². The van der Waals surface area contributed by atoms with Crippen molar-refractivity contribution in [1.29, 1.82) is 0 Å². The first-order valence-corrected chi connectivity index (χ1v) is 14.7. The van der Waals surface area contributed by atoms with Gasteiger partial charge in [-0.15, -0.1) is 0 Å². The van der Waals surface area contributed by atoms with E-state index in [4.69, 9.17) is 9.88 Å². The largest absolute Gasteiger partial charge is 0.507 e. The molecule has 1 atom stereocenters. The van der Waals surface area contributed by atoms with Gasteiger partial charge in [0, 0.05) is 25.4 Å². The molecule has 0 saturated carbocycles. The molecule has 0 bridgehead atoms. The Bertz CT molecular complexity index is 1280. The molecule has 0 aliphatic carbocycles. The number of hydrogen-bond acceptors (Lipinski definition) is 6. The number of hydrogen-bond donors (Lipinski definition) is 4. The summed E-state index contributed by atoms with van der Waals surface area (Å²) in [4.78, 5) is 15.2. The maximum absolute atomic E-state index is 12.8. The van der Waals surface area contributed by atoms with Gasteiger partial charge in [-0.1, -0.05) is 32.9 Å². The fraction of sp³-hybridized carbons (Fsp3) is 0.536. The van der Waals surface area contributed by atoms with Crippen LogP contribution in [0.3, 0.4) is 0 Å². The molecule has 10 heteroatoms. The van der Waals surface area contributed by atoms with E-state index >= 15 is 0 Å². The Morgan fingerprint density at radius 1 is 1.21 bits per heavy atom. The number of nitrogens with two attached hydrogens (primary N) is 1. The van der Waals surface area contributed by atoms with E-state index in [9.17, 15) is 18.3 Å². The van der Waals surface area contributed by atoms with E-state index in [1.54, 1.807) is 18.2 Å². The van der Waals surface area contributed by atoms with Gasteiger partial charge in [-0.25, -0.2) is 5.14 Å². The van der Waals surface area contributed by atoms with Gasteiger partial charge in [0.15, 0.2) is 0 Å². The molecule has 1 unspecified atom stereocenters. The molecule has 210 valence electrons. The van der Waals surface area contributed by atoms with E-state index in [1.165, 1.54) is 6.07 Å². The zero-order valence-corrected chi connectivity index (χ0v) is 24.2. The van der Waals surface area contributed by atoms with E-state index in [0.717, 1.165) is 47.3 Å². The van der Waals surface area contributed by atoms with Crippen LogP contribution in [-0.4, -0.2) is 51.8 Å². The lowest BCUT2D eigenvalue weighted by atomic mass is 9.81. The number of amides is 1. The summed E-state index contributed by atoms with van der Waals surface area (Å²) in [7, 11) is -3.98. The highest BCUT2D eigenvalue weighted by Gasteiger charge is 2.36. The molecule has 2 aromatic rings.